The van der Waals surface area contributed by atoms with Crippen LogP contribution in [0.15, 0.2) is 42.3 Å². The van der Waals surface area contributed by atoms with E-state index in [0.717, 1.165) is 22.1 Å². The number of amides is 2. The third-order valence-corrected chi connectivity index (χ3v) is 3.52. The molecule has 0 aliphatic rings. The highest BCUT2D eigenvalue weighted by atomic mass is 32.1. The van der Waals surface area contributed by atoms with Gasteiger partial charge in [-0.05, 0) is 12.1 Å². The molecule has 110 valence electrons. The molecule has 6 heteroatoms. The van der Waals surface area contributed by atoms with E-state index in [0.29, 0.717) is 6.54 Å². The van der Waals surface area contributed by atoms with Crippen LogP contribution in [-0.4, -0.2) is 36.6 Å². The van der Waals surface area contributed by atoms with E-state index in [-0.39, 0.29) is 6.03 Å². The fraction of sp³-hybridized carbons (Fsp3) is 0.200. The molecule has 0 aliphatic heterocycles. The van der Waals surface area contributed by atoms with Gasteiger partial charge < -0.3 is 15.5 Å². The Labute approximate surface area is 128 Å². The lowest BCUT2D eigenvalue weighted by molar-refractivity contribution is 0.230. The monoisotopic (exact) mass is 302 g/mol. The van der Waals surface area contributed by atoms with Crippen LogP contribution >= 0.6 is 11.3 Å². The molecule has 0 atom stereocenters. The van der Waals surface area contributed by atoms with Gasteiger partial charge in [0.25, 0.3) is 0 Å². The van der Waals surface area contributed by atoms with E-state index in [1.54, 1.807) is 31.5 Å². The van der Waals surface area contributed by atoms with E-state index in [9.17, 15) is 4.79 Å². The Hall–Kier alpha value is -2.34. The molecule has 2 aromatic rings. The van der Waals surface area contributed by atoms with Crippen molar-refractivity contribution in [1.29, 1.82) is 0 Å². The first-order valence-electron chi connectivity index (χ1n) is 6.49. The van der Waals surface area contributed by atoms with Crippen molar-refractivity contribution in [2.75, 3.05) is 31.3 Å². The van der Waals surface area contributed by atoms with Gasteiger partial charge in [-0.25, -0.2) is 9.78 Å². The lowest BCUT2D eigenvalue weighted by Gasteiger charge is -2.12. The maximum atomic E-state index is 11.7. The van der Waals surface area contributed by atoms with Gasteiger partial charge in [0.05, 0.1) is 5.69 Å². The van der Waals surface area contributed by atoms with E-state index in [4.69, 9.17) is 0 Å². The predicted octanol–water partition coefficient (Wildman–Crippen LogP) is 3.50. The number of nitrogens with zero attached hydrogens (tertiary/aromatic N) is 2. The largest absolute Gasteiger partial charge is 0.358 e. The van der Waals surface area contributed by atoms with Crippen molar-refractivity contribution in [1.82, 2.24) is 9.88 Å². The van der Waals surface area contributed by atoms with Crippen LogP contribution in [0.2, 0.25) is 0 Å². The van der Waals surface area contributed by atoms with Gasteiger partial charge >= 0.3 is 6.03 Å². The molecule has 2 amide bonds. The average molecular weight is 302 g/mol. The van der Waals surface area contributed by atoms with E-state index < -0.39 is 0 Å². The van der Waals surface area contributed by atoms with Gasteiger partial charge in [-0.3, -0.25) is 0 Å². The Bertz CT molecular complexity index is 636. The predicted molar refractivity (Wildman–Crippen MR) is 88.9 cm³/mol. The molecule has 0 aliphatic carbocycles. The number of thiazole rings is 1. The molecule has 1 heterocycles. The summed E-state index contributed by atoms with van der Waals surface area (Å²) in [6, 6.07) is 7.48. The van der Waals surface area contributed by atoms with Gasteiger partial charge in [0.2, 0.25) is 0 Å². The minimum Gasteiger partial charge on any atom is -0.358 e. The van der Waals surface area contributed by atoms with Crippen LogP contribution in [0.4, 0.5) is 15.6 Å². The van der Waals surface area contributed by atoms with Crippen LogP contribution in [0.1, 0.15) is 0 Å². The topological polar surface area (TPSA) is 57.3 Å². The zero-order valence-corrected chi connectivity index (χ0v) is 12.9. The number of carbonyl (C=O) groups excluding carboxylic acids is 1. The number of hydrogen-bond acceptors (Lipinski definition) is 4. The highest BCUT2D eigenvalue weighted by Crippen LogP contribution is 2.26. The quantitative estimate of drug-likeness (QED) is 0.831. The van der Waals surface area contributed by atoms with Crippen molar-refractivity contribution in [3.63, 3.8) is 0 Å². The Morgan fingerprint density at radius 1 is 1.48 bits per heavy atom. The van der Waals surface area contributed by atoms with Gasteiger partial charge in [0.1, 0.15) is 0 Å². The summed E-state index contributed by atoms with van der Waals surface area (Å²) in [5, 5.41) is 8.82. The second-order valence-electron chi connectivity index (χ2n) is 4.61. The highest BCUT2D eigenvalue weighted by Gasteiger charge is 2.07. The minimum atomic E-state index is -0.154. The zero-order valence-electron chi connectivity index (χ0n) is 12.1. The first-order chi connectivity index (χ1) is 10.1. The molecule has 0 fully saturated rings. The smallest absolute Gasteiger partial charge is 0.321 e. The number of aromatic nitrogens is 1. The number of anilines is 2. The fourth-order valence-corrected chi connectivity index (χ4v) is 2.37. The first kappa shape index (κ1) is 15.1. The van der Waals surface area contributed by atoms with Gasteiger partial charge in [-0.2, -0.15) is 0 Å². The van der Waals surface area contributed by atoms with Gasteiger partial charge in [0.15, 0.2) is 5.13 Å². The first-order valence-corrected chi connectivity index (χ1v) is 7.37. The van der Waals surface area contributed by atoms with Crippen molar-refractivity contribution >= 4 is 28.2 Å². The molecule has 21 heavy (non-hydrogen) atoms. The summed E-state index contributed by atoms with van der Waals surface area (Å²) in [7, 11) is 3.41. The molecular formula is C15H18N4OS. The summed E-state index contributed by atoms with van der Waals surface area (Å²) >= 11 is 1.54. The van der Waals surface area contributed by atoms with Gasteiger partial charge in [-0.15, -0.1) is 17.9 Å². The van der Waals surface area contributed by atoms with Crippen LogP contribution in [0, 0.1) is 0 Å². The molecule has 2 N–H and O–H groups in total. The van der Waals surface area contributed by atoms with Crippen molar-refractivity contribution in [3.05, 3.63) is 42.3 Å². The van der Waals surface area contributed by atoms with Crippen LogP contribution < -0.4 is 10.6 Å². The van der Waals surface area contributed by atoms with Crippen molar-refractivity contribution < 1.29 is 4.79 Å². The Morgan fingerprint density at radius 3 is 3.00 bits per heavy atom. The molecule has 0 saturated heterocycles. The average Bonchev–Trinajstić information content (AvgIpc) is 2.94. The number of benzene rings is 1. The molecule has 1 aromatic heterocycles. The van der Waals surface area contributed by atoms with Crippen LogP contribution in [-0.2, 0) is 0 Å². The molecule has 5 nitrogen and oxygen atoms in total. The van der Waals surface area contributed by atoms with Crippen LogP contribution in [0.25, 0.3) is 11.3 Å². The molecule has 0 bridgehead atoms. The van der Waals surface area contributed by atoms with E-state index in [1.165, 1.54) is 4.90 Å². The SMILES string of the molecule is C=CCNc1nc(-c2cccc(NC(=O)N(C)C)c2)cs1. The second kappa shape index (κ2) is 6.90. The summed E-state index contributed by atoms with van der Waals surface area (Å²) < 4.78 is 0. The van der Waals surface area contributed by atoms with Crippen molar-refractivity contribution in [2.45, 2.75) is 0 Å². The van der Waals surface area contributed by atoms with Crippen LogP contribution in [0.3, 0.4) is 0 Å². The van der Waals surface area contributed by atoms with E-state index in [1.807, 2.05) is 29.6 Å². The molecule has 0 radical (unpaired) electrons. The maximum absolute atomic E-state index is 11.7. The van der Waals surface area contributed by atoms with E-state index >= 15 is 0 Å². The summed E-state index contributed by atoms with van der Waals surface area (Å²) in [6.07, 6.45) is 1.79. The summed E-state index contributed by atoms with van der Waals surface area (Å²) in [5.41, 5.74) is 2.60. The normalized spacial score (nSPS) is 10.0. The van der Waals surface area contributed by atoms with Crippen LogP contribution in [0.5, 0.6) is 0 Å². The molecule has 1 aromatic carbocycles. The standard InChI is InChI=1S/C15H18N4OS/c1-4-8-16-14-18-13(10-21-14)11-6-5-7-12(9-11)17-15(20)19(2)3/h4-7,9-10H,1,8H2,2-3H3,(H,16,18)(H,17,20). The molecule has 2 rings (SSSR count). The fourth-order valence-electron chi connectivity index (χ4n) is 1.64. The highest BCUT2D eigenvalue weighted by molar-refractivity contribution is 7.14. The number of carbonyl (C=O) groups is 1. The third-order valence-electron chi connectivity index (χ3n) is 2.72. The lowest BCUT2D eigenvalue weighted by Crippen LogP contribution is -2.27. The van der Waals surface area contributed by atoms with Crippen molar-refractivity contribution in [2.24, 2.45) is 0 Å². The third kappa shape index (κ3) is 4.06. The second-order valence-corrected chi connectivity index (χ2v) is 5.47. The van der Waals surface area contributed by atoms with Gasteiger partial charge in [-0.1, -0.05) is 18.2 Å². The Balaban J connectivity index is 2.15. The zero-order chi connectivity index (χ0) is 15.2. The molecule has 0 unspecified atom stereocenters. The molecule has 0 saturated carbocycles. The lowest BCUT2D eigenvalue weighted by atomic mass is 10.1. The van der Waals surface area contributed by atoms with E-state index in [2.05, 4.69) is 22.2 Å². The Morgan fingerprint density at radius 2 is 2.29 bits per heavy atom. The number of urea groups is 1. The van der Waals surface area contributed by atoms with Gasteiger partial charge in [0, 0.05) is 37.3 Å². The molecule has 0 spiro atoms. The number of hydrogen-bond donors (Lipinski definition) is 2. The van der Waals surface area contributed by atoms with Crippen molar-refractivity contribution in [3.8, 4) is 11.3 Å². The summed E-state index contributed by atoms with van der Waals surface area (Å²) in [4.78, 5) is 17.7. The minimum absolute atomic E-state index is 0.154. The maximum Gasteiger partial charge on any atom is 0.321 e. The summed E-state index contributed by atoms with van der Waals surface area (Å²) in [6.45, 7) is 4.35. The molecular weight excluding hydrogens is 284 g/mol. The summed E-state index contributed by atoms with van der Waals surface area (Å²) in [5.74, 6) is 0. The number of rotatable bonds is 5. The Kier molecular flexibility index (Phi) is 4.94. The number of nitrogens with one attached hydrogen (secondary N) is 2.